The van der Waals surface area contributed by atoms with Gasteiger partial charge >= 0.3 is 5.97 Å². The van der Waals surface area contributed by atoms with E-state index in [4.69, 9.17) is 9.82 Å². The molecule has 43 heavy (non-hydrogen) atoms. The number of likely N-dealkylation sites (N-methyl/N-ethyl adjacent to an activating group) is 1. The Morgan fingerprint density at radius 1 is 0.977 bits per heavy atom. The molecular weight excluding hydrogens is 542 g/mol. The van der Waals surface area contributed by atoms with Crippen molar-refractivity contribution in [2.75, 3.05) is 27.2 Å². The first-order chi connectivity index (χ1) is 20.8. The third-order valence-corrected chi connectivity index (χ3v) is 10.6. The molecule has 1 N–H and O–H groups in total. The van der Waals surface area contributed by atoms with Crippen molar-refractivity contribution < 1.29 is 14.7 Å². The van der Waals surface area contributed by atoms with Gasteiger partial charge in [-0.2, -0.15) is 0 Å². The summed E-state index contributed by atoms with van der Waals surface area (Å²) >= 11 is 0. The van der Waals surface area contributed by atoms with E-state index in [2.05, 4.69) is 17.0 Å². The molecule has 9 nitrogen and oxygen atoms in total. The Hall–Kier alpha value is -2.78. The molecule has 0 amide bonds. The van der Waals surface area contributed by atoms with Gasteiger partial charge in [0.1, 0.15) is 12.3 Å². The van der Waals surface area contributed by atoms with Crippen LogP contribution in [0.2, 0.25) is 0 Å². The van der Waals surface area contributed by atoms with Gasteiger partial charge in [0.2, 0.25) is 0 Å². The van der Waals surface area contributed by atoms with Crippen molar-refractivity contribution in [1.29, 1.82) is 0 Å². The number of para-hydroxylation sites is 2. The number of aromatic nitrogens is 2. The Balaban J connectivity index is 1.31. The average Bonchev–Trinajstić information content (AvgIpc) is 2.95. The molecule has 1 aromatic heterocycles. The predicted molar refractivity (Wildman–Crippen MR) is 168 cm³/mol. The Kier molecular flexibility index (Phi) is 9.19. The lowest BCUT2D eigenvalue weighted by molar-refractivity contribution is -0.136. The van der Waals surface area contributed by atoms with Crippen LogP contribution in [0.1, 0.15) is 95.7 Å². The molecule has 4 fully saturated rings. The number of aliphatic carboxylic acids is 1. The predicted octanol–water partition coefficient (Wildman–Crippen LogP) is 5.32. The lowest BCUT2D eigenvalue weighted by atomic mass is 9.65. The van der Waals surface area contributed by atoms with Crippen molar-refractivity contribution in [1.82, 2.24) is 19.4 Å². The van der Waals surface area contributed by atoms with Gasteiger partial charge in [-0.1, -0.05) is 30.6 Å². The van der Waals surface area contributed by atoms with Gasteiger partial charge in [0.05, 0.1) is 17.5 Å². The van der Waals surface area contributed by atoms with Crippen LogP contribution in [-0.2, 0) is 9.63 Å². The maximum absolute atomic E-state index is 14.4. The quantitative estimate of drug-likeness (QED) is 0.227. The van der Waals surface area contributed by atoms with E-state index in [-0.39, 0.29) is 30.1 Å². The van der Waals surface area contributed by atoms with Gasteiger partial charge in [-0.15, -0.1) is 0 Å². The molecule has 2 saturated carbocycles. The van der Waals surface area contributed by atoms with Crippen LogP contribution in [0.15, 0.2) is 34.2 Å². The van der Waals surface area contributed by atoms with Crippen molar-refractivity contribution in [3.63, 3.8) is 0 Å². The Morgan fingerprint density at radius 2 is 1.67 bits per heavy atom. The normalized spacial score (nSPS) is 31.3. The highest BCUT2D eigenvalue weighted by atomic mass is 16.6. The molecule has 4 aliphatic rings. The molecule has 0 spiro atoms. The molecule has 9 heteroatoms. The number of nitrogens with zero attached hydrogens (tertiary/aromatic N) is 5. The van der Waals surface area contributed by atoms with Gasteiger partial charge in [0.25, 0.3) is 5.56 Å². The van der Waals surface area contributed by atoms with Gasteiger partial charge < -0.3 is 19.4 Å². The highest BCUT2D eigenvalue weighted by Crippen LogP contribution is 2.48. The topological polar surface area (TPSA) is 100 Å². The highest BCUT2D eigenvalue weighted by Gasteiger charge is 2.46. The Bertz CT molecular complexity index is 1360. The number of benzene rings is 1. The van der Waals surface area contributed by atoms with Crippen LogP contribution < -0.4 is 5.56 Å². The lowest BCUT2D eigenvalue weighted by Crippen LogP contribution is -2.59. The van der Waals surface area contributed by atoms with E-state index in [0.29, 0.717) is 37.0 Å². The Morgan fingerprint density at radius 3 is 2.35 bits per heavy atom. The van der Waals surface area contributed by atoms with Gasteiger partial charge in [0, 0.05) is 37.1 Å². The van der Waals surface area contributed by atoms with Crippen molar-refractivity contribution in [3.05, 3.63) is 40.3 Å². The summed E-state index contributed by atoms with van der Waals surface area (Å²) in [4.78, 5) is 41.1. The van der Waals surface area contributed by atoms with Crippen LogP contribution in [0.4, 0.5) is 0 Å². The van der Waals surface area contributed by atoms with E-state index >= 15 is 0 Å². The van der Waals surface area contributed by atoms with Gasteiger partial charge in [0.15, 0.2) is 5.69 Å². The average molecular weight is 592 g/mol. The molecule has 2 aromatic rings. The molecule has 0 radical (unpaired) electrons. The second-order valence-corrected chi connectivity index (χ2v) is 14.2. The monoisotopic (exact) mass is 591 g/mol. The second kappa shape index (κ2) is 13.1. The molecule has 6 rings (SSSR count). The van der Waals surface area contributed by atoms with Crippen LogP contribution in [0, 0.1) is 17.8 Å². The summed E-state index contributed by atoms with van der Waals surface area (Å²) in [6, 6.07) is 9.60. The van der Waals surface area contributed by atoms with E-state index in [1.54, 1.807) is 0 Å². The van der Waals surface area contributed by atoms with Crippen LogP contribution in [0.5, 0.6) is 0 Å². The van der Waals surface area contributed by atoms with Crippen LogP contribution in [0.25, 0.3) is 11.0 Å². The van der Waals surface area contributed by atoms with Crippen LogP contribution in [-0.4, -0.2) is 81.5 Å². The third kappa shape index (κ3) is 6.68. The summed E-state index contributed by atoms with van der Waals surface area (Å²) in [5.41, 5.74) is 1.92. The minimum atomic E-state index is -0.941. The van der Waals surface area contributed by atoms with Crippen LogP contribution in [0.3, 0.4) is 0 Å². The lowest BCUT2D eigenvalue weighted by Gasteiger charge is -2.55. The molecule has 3 heterocycles. The van der Waals surface area contributed by atoms with E-state index in [1.807, 2.05) is 47.8 Å². The number of hydrogen-bond donors (Lipinski definition) is 1. The van der Waals surface area contributed by atoms with E-state index in [0.717, 1.165) is 41.6 Å². The maximum atomic E-state index is 14.4. The molecule has 234 valence electrons. The standard InChI is InChI=1S/C34H49N5O4/c1-22-15-23-17-24(16-22)19-27(18-23)38-25-7-6-8-26(38)21-28(20-25)39-31-10-5-4-9-29(31)35-33(34(39)42)30(11-12-32(40)41)36-43-14-13-37(2)3/h4-5,9-10,22-28H,6-8,11-21H2,1-3H3,(H,40,41)/b36-30+/t22?,23-,24+,25-,26+,27?,28?. The number of rotatable bonds is 10. The summed E-state index contributed by atoms with van der Waals surface area (Å²) in [6.07, 6.45) is 12.4. The van der Waals surface area contributed by atoms with Gasteiger partial charge in [-0.3, -0.25) is 14.5 Å². The molecule has 7 atom stereocenters. The molecule has 2 saturated heterocycles. The highest BCUT2D eigenvalue weighted by molar-refractivity contribution is 6.00. The molecule has 2 aliphatic carbocycles. The summed E-state index contributed by atoms with van der Waals surface area (Å²) in [6.45, 7) is 3.45. The maximum Gasteiger partial charge on any atom is 0.303 e. The number of carbonyl (C=O) groups is 1. The largest absolute Gasteiger partial charge is 0.481 e. The molecule has 4 bridgehead atoms. The van der Waals surface area contributed by atoms with Crippen molar-refractivity contribution in [2.24, 2.45) is 22.9 Å². The van der Waals surface area contributed by atoms with E-state index in [9.17, 15) is 14.7 Å². The van der Waals surface area contributed by atoms with Crippen molar-refractivity contribution in [3.8, 4) is 0 Å². The fourth-order valence-electron chi connectivity index (χ4n) is 9.07. The summed E-state index contributed by atoms with van der Waals surface area (Å²) < 4.78 is 1.98. The minimum absolute atomic E-state index is 0.0733. The van der Waals surface area contributed by atoms with E-state index < -0.39 is 5.97 Å². The SMILES string of the molecule is CC1C[C@@H]2CC(N3[C@@H]4CCC[C@H]3CC(n3c(=O)c(/C(CCC(=O)O)=N/OCCN(C)C)nc5ccccc53)C4)C[C@H](C1)C2. The fourth-order valence-corrected chi connectivity index (χ4v) is 9.07. The summed E-state index contributed by atoms with van der Waals surface area (Å²) in [5, 5.41) is 13.7. The van der Waals surface area contributed by atoms with E-state index in [1.165, 1.54) is 51.4 Å². The second-order valence-electron chi connectivity index (χ2n) is 14.2. The fraction of sp³-hybridized carbons (Fsp3) is 0.706. The molecule has 2 aliphatic heterocycles. The zero-order valence-corrected chi connectivity index (χ0v) is 26.2. The first-order valence-corrected chi connectivity index (χ1v) is 16.6. The minimum Gasteiger partial charge on any atom is -0.481 e. The van der Waals surface area contributed by atoms with Crippen molar-refractivity contribution in [2.45, 2.75) is 108 Å². The zero-order valence-electron chi connectivity index (χ0n) is 26.2. The zero-order chi connectivity index (χ0) is 30.1. The number of fused-ring (bicyclic) bond motifs is 5. The number of hydrogen-bond acceptors (Lipinski definition) is 7. The van der Waals surface area contributed by atoms with Crippen molar-refractivity contribution >= 4 is 22.7 Å². The first-order valence-electron chi connectivity index (χ1n) is 16.6. The van der Waals surface area contributed by atoms with Gasteiger partial charge in [-0.05, 0) is 102 Å². The molecular formula is C34H49N5O4. The smallest absolute Gasteiger partial charge is 0.303 e. The number of carboxylic acid groups (broad SMARTS) is 1. The third-order valence-electron chi connectivity index (χ3n) is 10.6. The van der Waals surface area contributed by atoms with Crippen LogP contribution >= 0.6 is 0 Å². The van der Waals surface area contributed by atoms with Gasteiger partial charge in [-0.25, -0.2) is 4.98 Å². The molecule has 3 unspecified atom stereocenters. The number of carboxylic acids is 1. The summed E-state index contributed by atoms with van der Waals surface area (Å²) in [5.74, 6) is 1.69. The first kappa shape index (κ1) is 30.3. The molecule has 1 aromatic carbocycles. The Labute approximate surface area is 255 Å². The summed E-state index contributed by atoms with van der Waals surface area (Å²) in [7, 11) is 3.89. The number of oxime groups is 1. The number of piperidine rings is 2.